The lowest BCUT2D eigenvalue weighted by Crippen LogP contribution is -2.45. The number of nitrogens with zero attached hydrogens (tertiary/aromatic N) is 2. The van der Waals surface area contributed by atoms with Gasteiger partial charge in [0.25, 0.3) is 0 Å². The lowest BCUT2D eigenvalue weighted by Gasteiger charge is -2.28. The first-order valence-corrected chi connectivity index (χ1v) is 7.21. The number of nitrogens with one attached hydrogen (secondary N) is 2. The number of aromatic nitrogens is 3. The highest BCUT2D eigenvalue weighted by Gasteiger charge is 2.34. The van der Waals surface area contributed by atoms with Gasteiger partial charge < -0.3 is 10.1 Å². The quantitative estimate of drug-likeness (QED) is 0.670. The van der Waals surface area contributed by atoms with Gasteiger partial charge in [0.1, 0.15) is 6.04 Å². The molecule has 22 heavy (non-hydrogen) atoms. The number of carboxylic acids is 1. The van der Waals surface area contributed by atoms with Crippen LogP contribution >= 0.6 is 0 Å². The van der Waals surface area contributed by atoms with E-state index in [0.717, 1.165) is 27.9 Å². The predicted molar refractivity (Wildman–Crippen MR) is 81.6 cm³/mol. The maximum Gasteiger partial charge on any atom is 0.321 e. The summed E-state index contributed by atoms with van der Waals surface area (Å²) in [6.45, 7) is 0. The van der Waals surface area contributed by atoms with Crippen LogP contribution in [0.4, 0.5) is 0 Å². The lowest BCUT2D eigenvalue weighted by atomic mass is 9.92. The minimum atomic E-state index is -0.836. The van der Waals surface area contributed by atoms with Gasteiger partial charge in [0.2, 0.25) is 0 Å². The average Bonchev–Trinajstić information content (AvgIpc) is 3.09. The highest BCUT2D eigenvalue weighted by Crippen LogP contribution is 2.34. The SMILES string of the molecule is Cn1ccc([C@H]2N[C@H](C(=O)O)Cc3c2[nH]c2ccccc32)n1. The number of carbonyl (C=O) groups is 1. The topological polar surface area (TPSA) is 82.9 Å². The second kappa shape index (κ2) is 4.71. The Balaban J connectivity index is 1.91. The third-order valence-electron chi connectivity index (χ3n) is 4.24. The van der Waals surface area contributed by atoms with E-state index in [4.69, 9.17) is 0 Å². The Morgan fingerprint density at radius 3 is 2.91 bits per heavy atom. The Labute approximate surface area is 126 Å². The van der Waals surface area contributed by atoms with Gasteiger partial charge in [0.15, 0.2) is 0 Å². The number of para-hydroxylation sites is 1. The van der Waals surface area contributed by atoms with Gasteiger partial charge >= 0.3 is 5.97 Å². The molecule has 112 valence electrons. The number of hydrogen-bond donors (Lipinski definition) is 3. The molecular weight excluding hydrogens is 280 g/mol. The first-order chi connectivity index (χ1) is 10.6. The van der Waals surface area contributed by atoms with Gasteiger partial charge in [-0.1, -0.05) is 18.2 Å². The van der Waals surface area contributed by atoms with Crippen molar-refractivity contribution in [1.29, 1.82) is 0 Å². The second-order valence-corrected chi connectivity index (χ2v) is 5.67. The molecule has 1 aliphatic heterocycles. The molecule has 3 aromatic rings. The number of carboxylic acid groups (broad SMARTS) is 1. The molecule has 0 saturated carbocycles. The summed E-state index contributed by atoms with van der Waals surface area (Å²) in [6.07, 6.45) is 2.34. The summed E-state index contributed by atoms with van der Waals surface area (Å²) >= 11 is 0. The average molecular weight is 296 g/mol. The van der Waals surface area contributed by atoms with Gasteiger partial charge in [0.05, 0.1) is 11.7 Å². The standard InChI is InChI=1S/C16H16N4O2/c1-20-7-6-12(19-20)15-14-10(8-13(18-15)16(21)22)9-4-2-3-5-11(9)17-14/h2-7,13,15,17-18H,8H2,1H3,(H,21,22)/t13-,15+/m0/s1. The van der Waals surface area contributed by atoms with Crippen molar-refractivity contribution in [2.45, 2.75) is 18.5 Å². The zero-order valence-electron chi connectivity index (χ0n) is 12.1. The maximum absolute atomic E-state index is 11.5. The molecule has 2 aromatic heterocycles. The smallest absolute Gasteiger partial charge is 0.321 e. The molecule has 1 aromatic carbocycles. The zero-order chi connectivity index (χ0) is 15.3. The summed E-state index contributed by atoms with van der Waals surface area (Å²) in [5, 5.41) is 18.2. The van der Waals surface area contributed by atoms with Crippen molar-refractivity contribution in [3.63, 3.8) is 0 Å². The molecule has 1 aliphatic rings. The van der Waals surface area contributed by atoms with Crippen LogP contribution in [0.25, 0.3) is 10.9 Å². The Morgan fingerprint density at radius 1 is 1.36 bits per heavy atom. The van der Waals surface area contributed by atoms with Gasteiger partial charge in [-0.25, -0.2) is 0 Å². The van der Waals surface area contributed by atoms with Crippen molar-refractivity contribution < 1.29 is 9.90 Å². The van der Waals surface area contributed by atoms with Gasteiger partial charge in [-0.2, -0.15) is 5.10 Å². The summed E-state index contributed by atoms with van der Waals surface area (Å²) in [7, 11) is 1.85. The van der Waals surface area contributed by atoms with E-state index >= 15 is 0 Å². The molecule has 3 N–H and O–H groups in total. The third-order valence-corrected chi connectivity index (χ3v) is 4.24. The minimum Gasteiger partial charge on any atom is -0.480 e. The van der Waals surface area contributed by atoms with Crippen LogP contribution in [0, 0.1) is 0 Å². The van der Waals surface area contributed by atoms with Crippen LogP contribution in [-0.4, -0.2) is 31.9 Å². The molecule has 3 heterocycles. The largest absolute Gasteiger partial charge is 0.480 e. The van der Waals surface area contributed by atoms with E-state index in [1.165, 1.54) is 0 Å². The Hall–Kier alpha value is -2.60. The van der Waals surface area contributed by atoms with Crippen molar-refractivity contribution in [2.75, 3.05) is 0 Å². The number of aliphatic carboxylic acids is 1. The molecule has 0 fully saturated rings. The van der Waals surface area contributed by atoms with Gasteiger partial charge in [-0.15, -0.1) is 0 Å². The molecule has 0 aliphatic carbocycles. The van der Waals surface area contributed by atoms with Crippen LogP contribution in [0.15, 0.2) is 36.5 Å². The fourth-order valence-electron chi connectivity index (χ4n) is 3.21. The van der Waals surface area contributed by atoms with Crippen molar-refractivity contribution in [3.8, 4) is 0 Å². The summed E-state index contributed by atoms with van der Waals surface area (Å²) in [5.41, 5.74) is 3.93. The molecular formula is C16H16N4O2. The van der Waals surface area contributed by atoms with Gasteiger partial charge in [0, 0.05) is 36.3 Å². The van der Waals surface area contributed by atoms with Crippen LogP contribution in [0.5, 0.6) is 0 Å². The van der Waals surface area contributed by atoms with E-state index in [1.807, 2.05) is 43.6 Å². The molecule has 2 atom stereocenters. The summed E-state index contributed by atoms with van der Waals surface area (Å²) < 4.78 is 1.73. The van der Waals surface area contributed by atoms with Crippen LogP contribution in [0.1, 0.15) is 23.0 Å². The Kier molecular flexibility index (Phi) is 2.80. The van der Waals surface area contributed by atoms with Crippen LogP contribution in [0.3, 0.4) is 0 Å². The fourth-order valence-corrected chi connectivity index (χ4v) is 3.21. The van der Waals surface area contributed by atoms with E-state index in [9.17, 15) is 9.90 Å². The van der Waals surface area contributed by atoms with Gasteiger partial charge in [-0.05, 0) is 17.7 Å². The van der Waals surface area contributed by atoms with Gasteiger partial charge in [-0.3, -0.25) is 14.8 Å². The van der Waals surface area contributed by atoms with E-state index in [2.05, 4.69) is 15.4 Å². The number of aryl methyl sites for hydroxylation is 1. The summed E-state index contributed by atoms with van der Waals surface area (Å²) in [4.78, 5) is 14.9. The minimum absolute atomic E-state index is 0.238. The number of H-pyrrole nitrogens is 1. The lowest BCUT2D eigenvalue weighted by molar-refractivity contribution is -0.139. The number of fused-ring (bicyclic) bond motifs is 3. The molecule has 0 unspecified atom stereocenters. The molecule has 0 radical (unpaired) electrons. The first-order valence-electron chi connectivity index (χ1n) is 7.21. The zero-order valence-corrected chi connectivity index (χ0v) is 12.1. The first kappa shape index (κ1) is 13.1. The predicted octanol–water partition coefficient (Wildman–Crippen LogP) is 1.59. The summed E-state index contributed by atoms with van der Waals surface area (Å²) in [6, 6.07) is 9.06. The number of hydrogen-bond acceptors (Lipinski definition) is 3. The van der Waals surface area contributed by atoms with Crippen molar-refractivity contribution in [3.05, 3.63) is 53.5 Å². The van der Waals surface area contributed by atoms with E-state index < -0.39 is 12.0 Å². The molecule has 0 spiro atoms. The van der Waals surface area contributed by atoms with Crippen LogP contribution in [-0.2, 0) is 18.3 Å². The molecule has 6 nitrogen and oxygen atoms in total. The molecule has 0 bridgehead atoms. The highest BCUT2D eigenvalue weighted by atomic mass is 16.4. The highest BCUT2D eigenvalue weighted by molar-refractivity contribution is 5.87. The number of rotatable bonds is 2. The molecule has 0 saturated heterocycles. The number of benzene rings is 1. The van der Waals surface area contributed by atoms with E-state index in [1.54, 1.807) is 4.68 Å². The monoisotopic (exact) mass is 296 g/mol. The van der Waals surface area contributed by atoms with Crippen molar-refractivity contribution >= 4 is 16.9 Å². The normalized spacial score (nSPS) is 21.0. The summed E-state index contributed by atoms with van der Waals surface area (Å²) in [5.74, 6) is -0.836. The molecule has 6 heteroatoms. The van der Waals surface area contributed by atoms with Crippen molar-refractivity contribution in [1.82, 2.24) is 20.1 Å². The maximum atomic E-state index is 11.5. The fraction of sp³-hybridized carbons (Fsp3) is 0.250. The molecule has 4 rings (SSSR count). The van der Waals surface area contributed by atoms with Crippen molar-refractivity contribution in [2.24, 2.45) is 7.05 Å². The van der Waals surface area contributed by atoms with E-state index in [0.29, 0.717) is 6.42 Å². The third kappa shape index (κ3) is 1.92. The van der Waals surface area contributed by atoms with E-state index in [-0.39, 0.29) is 6.04 Å². The van der Waals surface area contributed by atoms with Crippen LogP contribution < -0.4 is 5.32 Å². The van der Waals surface area contributed by atoms with Crippen LogP contribution in [0.2, 0.25) is 0 Å². The Bertz CT molecular complexity index is 864. The molecule has 0 amide bonds. The Morgan fingerprint density at radius 2 is 2.18 bits per heavy atom. The number of aromatic amines is 1. The second-order valence-electron chi connectivity index (χ2n) is 5.67.